The highest BCUT2D eigenvalue weighted by Gasteiger charge is 2.23. The van der Waals surface area contributed by atoms with E-state index in [4.69, 9.17) is 5.73 Å². The van der Waals surface area contributed by atoms with Gasteiger partial charge in [0.25, 0.3) is 5.69 Å². The largest absolute Gasteiger partial charge is 0.398 e. The molecule has 1 aromatic carbocycles. The fraction of sp³-hybridized carbons (Fsp3) is 0.400. The molecule has 2 atom stereocenters. The maximum atomic E-state index is 10.7. The van der Waals surface area contributed by atoms with E-state index < -0.39 is 17.1 Å². The number of anilines is 1. The second-order valence-electron chi connectivity index (χ2n) is 3.69. The maximum absolute atomic E-state index is 10.7. The summed E-state index contributed by atoms with van der Waals surface area (Å²) < 4.78 is 0. The average Bonchev–Trinajstić information content (AvgIpc) is 2.30. The van der Waals surface area contributed by atoms with Crippen LogP contribution in [0.25, 0.3) is 0 Å². The minimum absolute atomic E-state index is 0.148. The van der Waals surface area contributed by atoms with Gasteiger partial charge >= 0.3 is 0 Å². The van der Waals surface area contributed by atoms with E-state index in [0.29, 0.717) is 5.56 Å². The molecule has 0 aromatic heterocycles. The van der Waals surface area contributed by atoms with Gasteiger partial charge in [-0.05, 0) is 12.5 Å². The molecule has 94 valence electrons. The summed E-state index contributed by atoms with van der Waals surface area (Å²) in [7, 11) is 0. The van der Waals surface area contributed by atoms with Crippen LogP contribution in [-0.4, -0.2) is 26.6 Å². The van der Waals surface area contributed by atoms with E-state index in [1.54, 1.807) is 6.92 Å². The number of halogens is 1. The van der Waals surface area contributed by atoms with E-state index in [2.05, 4.69) is 15.9 Å². The second-order valence-corrected chi connectivity index (χ2v) is 4.34. The van der Waals surface area contributed by atoms with Gasteiger partial charge in [-0.3, -0.25) is 10.1 Å². The number of aliphatic hydroxyl groups excluding tert-OH is 2. The van der Waals surface area contributed by atoms with Crippen LogP contribution in [0.15, 0.2) is 12.1 Å². The Bertz CT molecular complexity index is 439. The van der Waals surface area contributed by atoms with Crippen molar-refractivity contribution in [2.45, 2.75) is 19.1 Å². The molecular formula is C10H13BrN2O4. The van der Waals surface area contributed by atoms with E-state index in [-0.39, 0.29) is 22.3 Å². The van der Waals surface area contributed by atoms with Crippen molar-refractivity contribution >= 4 is 27.3 Å². The average molecular weight is 305 g/mol. The van der Waals surface area contributed by atoms with Gasteiger partial charge in [0.15, 0.2) is 0 Å². The van der Waals surface area contributed by atoms with Crippen molar-refractivity contribution < 1.29 is 15.1 Å². The van der Waals surface area contributed by atoms with Crippen LogP contribution in [0.3, 0.4) is 0 Å². The van der Waals surface area contributed by atoms with Crippen LogP contribution in [0.5, 0.6) is 0 Å². The van der Waals surface area contributed by atoms with Crippen molar-refractivity contribution in [1.82, 2.24) is 0 Å². The van der Waals surface area contributed by atoms with Gasteiger partial charge in [0, 0.05) is 28.7 Å². The Morgan fingerprint density at radius 1 is 1.53 bits per heavy atom. The lowest BCUT2D eigenvalue weighted by Crippen LogP contribution is -2.21. The standard InChI is InChI=1S/C10H13BrN2O4/c1-5-2-6(13(16)17)3-7(9(5)12)10(15)8(14)4-11/h2-3,8,10,14-15H,4,12H2,1H3. The molecule has 7 heteroatoms. The predicted molar refractivity (Wildman–Crippen MR) is 67.0 cm³/mol. The number of nitro benzene ring substituents is 1. The predicted octanol–water partition coefficient (Wildman–Crippen LogP) is 1.27. The van der Waals surface area contributed by atoms with Crippen LogP contribution in [0.2, 0.25) is 0 Å². The normalized spacial score (nSPS) is 14.4. The Morgan fingerprint density at radius 2 is 2.12 bits per heavy atom. The Kier molecular flexibility index (Phi) is 4.44. The number of hydrogen-bond donors (Lipinski definition) is 3. The number of non-ortho nitro benzene ring substituents is 1. The van der Waals surface area contributed by atoms with Gasteiger partial charge in [-0.15, -0.1) is 0 Å². The number of alkyl halides is 1. The summed E-state index contributed by atoms with van der Waals surface area (Å²) >= 11 is 3.02. The zero-order chi connectivity index (χ0) is 13.2. The highest BCUT2D eigenvalue weighted by molar-refractivity contribution is 9.09. The molecule has 6 nitrogen and oxygen atoms in total. The number of benzene rings is 1. The number of nitrogen functional groups attached to an aromatic ring is 1. The van der Waals surface area contributed by atoms with E-state index in [1.165, 1.54) is 12.1 Å². The fourth-order valence-corrected chi connectivity index (χ4v) is 1.80. The summed E-state index contributed by atoms with van der Waals surface area (Å²) in [6, 6.07) is 2.50. The molecule has 4 N–H and O–H groups in total. The van der Waals surface area contributed by atoms with Gasteiger partial charge in [-0.1, -0.05) is 15.9 Å². The molecule has 0 aliphatic carbocycles. The van der Waals surface area contributed by atoms with Gasteiger partial charge < -0.3 is 15.9 Å². The number of aliphatic hydroxyl groups is 2. The quantitative estimate of drug-likeness (QED) is 0.336. The minimum Gasteiger partial charge on any atom is -0.398 e. The van der Waals surface area contributed by atoms with Crippen molar-refractivity contribution in [3.05, 3.63) is 33.4 Å². The number of nitro groups is 1. The van der Waals surface area contributed by atoms with Crippen LogP contribution in [-0.2, 0) is 0 Å². The van der Waals surface area contributed by atoms with Crippen molar-refractivity contribution in [3.8, 4) is 0 Å². The lowest BCUT2D eigenvalue weighted by molar-refractivity contribution is -0.385. The Hall–Kier alpha value is -1.18. The zero-order valence-corrected chi connectivity index (χ0v) is 10.7. The SMILES string of the molecule is Cc1cc([N+](=O)[O-])cc(C(O)C(O)CBr)c1N. The molecule has 0 aliphatic heterocycles. The van der Waals surface area contributed by atoms with Crippen LogP contribution in [0.1, 0.15) is 17.2 Å². The third-order valence-corrected chi connectivity index (χ3v) is 3.12. The first-order valence-electron chi connectivity index (χ1n) is 4.85. The molecule has 0 radical (unpaired) electrons. The third kappa shape index (κ3) is 2.93. The molecule has 1 aromatic rings. The Balaban J connectivity index is 3.27. The van der Waals surface area contributed by atoms with Crippen LogP contribution >= 0.6 is 15.9 Å². The molecule has 0 spiro atoms. The summed E-state index contributed by atoms with van der Waals surface area (Å²) in [4.78, 5) is 10.1. The molecule has 17 heavy (non-hydrogen) atoms. The highest BCUT2D eigenvalue weighted by atomic mass is 79.9. The molecule has 0 fully saturated rings. The molecule has 1 rings (SSSR count). The first-order valence-corrected chi connectivity index (χ1v) is 5.97. The molecule has 0 bridgehead atoms. The Labute approximate surface area is 106 Å². The van der Waals surface area contributed by atoms with Gasteiger partial charge in [0.1, 0.15) is 6.10 Å². The number of aryl methyl sites for hydroxylation is 1. The van der Waals surface area contributed by atoms with Crippen molar-refractivity contribution in [2.75, 3.05) is 11.1 Å². The molecule has 0 aliphatic rings. The van der Waals surface area contributed by atoms with Gasteiger partial charge in [0.05, 0.1) is 11.0 Å². The second kappa shape index (κ2) is 5.44. The summed E-state index contributed by atoms with van der Waals surface area (Å²) in [6.07, 6.45) is -2.33. The zero-order valence-electron chi connectivity index (χ0n) is 9.13. The van der Waals surface area contributed by atoms with Crippen molar-refractivity contribution in [1.29, 1.82) is 0 Å². The topological polar surface area (TPSA) is 110 Å². The Morgan fingerprint density at radius 3 is 2.59 bits per heavy atom. The minimum atomic E-state index is -1.26. The number of nitrogens with two attached hydrogens (primary N) is 1. The molecule has 0 saturated heterocycles. The van der Waals surface area contributed by atoms with Crippen LogP contribution < -0.4 is 5.73 Å². The molecule has 2 unspecified atom stereocenters. The first kappa shape index (κ1) is 13.9. The van der Waals surface area contributed by atoms with Crippen molar-refractivity contribution in [2.24, 2.45) is 0 Å². The number of rotatable bonds is 4. The summed E-state index contributed by atoms with van der Waals surface area (Å²) in [5.74, 6) is 0. The van der Waals surface area contributed by atoms with Crippen molar-refractivity contribution in [3.63, 3.8) is 0 Å². The lowest BCUT2D eigenvalue weighted by atomic mass is 9.99. The maximum Gasteiger partial charge on any atom is 0.270 e. The molecular weight excluding hydrogens is 292 g/mol. The van der Waals surface area contributed by atoms with Gasteiger partial charge in [-0.2, -0.15) is 0 Å². The fourth-order valence-electron chi connectivity index (χ4n) is 1.45. The first-order chi connectivity index (χ1) is 7.88. The van der Waals surface area contributed by atoms with Gasteiger partial charge in [0.2, 0.25) is 0 Å². The summed E-state index contributed by atoms with van der Waals surface area (Å²) in [5, 5.41) is 30.2. The van der Waals surface area contributed by atoms with Crippen LogP contribution in [0, 0.1) is 17.0 Å². The number of nitrogens with zero attached hydrogens (tertiary/aromatic N) is 1. The van der Waals surface area contributed by atoms with E-state index >= 15 is 0 Å². The highest BCUT2D eigenvalue weighted by Crippen LogP contribution is 2.30. The third-order valence-electron chi connectivity index (χ3n) is 2.46. The smallest absolute Gasteiger partial charge is 0.270 e. The van der Waals surface area contributed by atoms with E-state index in [1.807, 2.05) is 0 Å². The van der Waals surface area contributed by atoms with Crippen LogP contribution in [0.4, 0.5) is 11.4 Å². The van der Waals surface area contributed by atoms with E-state index in [9.17, 15) is 20.3 Å². The molecule has 0 heterocycles. The molecule has 0 amide bonds. The monoisotopic (exact) mass is 304 g/mol. The summed E-state index contributed by atoms with van der Waals surface area (Å²) in [6.45, 7) is 1.61. The lowest BCUT2D eigenvalue weighted by Gasteiger charge is -2.18. The van der Waals surface area contributed by atoms with Gasteiger partial charge in [-0.25, -0.2) is 0 Å². The molecule has 0 saturated carbocycles. The van der Waals surface area contributed by atoms with E-state index in [0.717, 1.165) is 0 Å². The summed E-state index contributed by atoms with van der Waals surface area (Å²) in [5.41, 5.74) is 6.49. The number of hydrogen-bond acceptors (Lipinski definition) is 5.